The first-order valence-corrected chi connectivity index (χ1v) is 4.86. The molecule has 0 saturated carbocycles. The summed E-state index contributed by atoms with van der Waals surface area (Å²) in [6.45, 7) is 1.92. The Balaban J connectivity index is 2.46. The lowest BCUT2D eigenvalue weighted by atomic mass is 9.79. The lowest BCUT2D eigenvalue weighted by Gasteiger charge is -2.03. The number of halogens is 1. The summed E-state index contributed by atoms with van der Waals surface area (Å²) in [7, 11) is -0.809. The average molecular weight is 290 g/mol. The minimum atomic E-state index is -0.809. The van der Waals surface area contributed by atoms with Crippen molar-refractivity contribution in [3.05, 3.63) is 23.8 Å². The molecule has 0 aliphatic carbocycles. The first-order chi connectivity index (χ1) is 6.22. The van der Waals surface area contributed by atoms with Crippen molar-refractivity contribution >= 4 is 35.6 Å². The van der Waals surface area contributed by atoms with Crippen LogP contribution in [0.4, 0.5) is 0 Å². The highest BCUT2D eigenvalue weighted by molar-refractivity contribution is 14.1. The van der Waals surface area contributed by atoms with Gasteiger partial charge in [-0.2, -0.15) is 0 Å². The predicted molar refractivity (Wildman–Crippen MR) is 58.2 cm³/mol. The van der Waals surface area contributed by atoms with E-state index in [-0.39, 0.29) is 6.10 Å². The van der Waals surface area contributed by atoms with Crippen molar-refractivity contribution in [1.29, 1.82) is 0 Å². The monoisotopic (exact) mass is 290 g/mol. The molecule has 5 heteroatoms. The van der Waals surface area contributed by atoms with E-state index in [0.717, 1.165) is 16.8 Å². The van der Waals surface area contributed by atoms with Gasteiger partial charge in [0.1, 0.15) is 5.75 Å². The fraction of sp³-hybridized carbons (Fsp3) is 0.250. The molecule has 0 fully saturated rings. The third kappa shape index (κ3) is 1.56. The van der Waals surface area contributed by atoms with Crippen LogP contribution in [-0.2, 0) is 4.65 Å². The second-order valence-corrected chi connectivity index (χ2v) is 3.44. The van der Waals surface area contributed by atoms with E-state index in [1.54, 1.807) is 6.07 Å². The van der Waals surface area contributed by atoms with E-state index in [1.807, 2.05) is 42.1 Å². The Hall–Kier alpha value is -0.265. The van der Waals surface area contributed by atoms with Gasteiger partial charge in [0.15, 0.2) is 23.0 Å². The quantitative estimate of drug-likeness (QED) is 0.624. The van der Waals surface area contributed by atoms with E-state index in [4.69, 9.17) is 7.72 Å². The molecule has 0 radical (unpaired) electrons. The lowest BCUT2D eigenvalue weighted by molar-refractivity contribution is 0.209. The largest absolute Gasteiger partial charge is 0.492 e. The first kappa shape index (κ1) is 9.30. The van der Waals surface area contributed by atoms with Crippen LogP contribution < -0.4 is 8.53 Å². The van der Waals surface area contributed by atoms with E-state index < -0.39 is 7.12 Å². The second kappa shape index (κ2) is 3.47. The molecule has 1 aliphatic rings. The summed E-state index contributed by atoms with van der Waals surface area (Å²) in [4.78, 5) is 0. The molecule has 13 heavy (non-hydrogen) atoms. The third-order valence-electron chi connectivity index (χ3n) is 2.18. The summed E-state index contributed by atoms with van der Waals surface area (Å²) in [6, 6.07) is 5.59. The Kier molecular flexibility index (Phi) is 2.48. The van der Waals surface area contributed by atoms with Crippen molar-refractivity contribution in [1.82, 2.24) is 0 Å². The summed E-state index contributed by atoms with van der Waals surface area (Å²) in [5.41, 5.74) is 1.84. The van der Waals surface area contributed by atoms with Crippen LogP contribution in [0.3, 0.4) is 0 Å². The zero-order valence-corrected chi connectivity index (χ0v) is 9.19. The molecule has 68 valence electrons. The van der Waals surface area contributed by atoms with E-state index >= 15 is 0 Å². The van der Waals surface area contributed by atoms with Crippen LogP contribution in [0.15, 0.2) is 18.2 Å². The standard InChI is InChI=1S/C8H8BIO3/c1-5-7-3-2-6(13-10)4-8(7)9(11)12-5/h2-5,11H,1H3. The zero-order chi connectivity index (χ0) is 9.42. The molecule has 1 aliphatic heterocycles. The number of rotatable bonds is 1. The van der Waals surface area contributed by atoms with Crippen molar-refractivity contribution in [3.8, 4) is 5.75 Å². The molecule has 1 atom stereocenters. The highest BCUT2D eigenvalue weighted by atomic mass is 127. The summed E-state index contributed by atoms with van der Waals surface area (Å²) < 4.78 is 10.3. The number of fused-ring (bicyclic) bond motifs is 1. The van der Waals surface area contributed by atoms with E-state index in [0.29, 0.717) is 0 Å². The number of benzene rings is 1. The number of hydrogen-bond donors (Lipinski definition) is 1. The Labute approximate surface area is 90.9 Å². The molecular weight excluding hydrogens is 282 g/mol. The second-order valence-electron chi connectivity index (χ2n) is 3.00. The molecule has 0 aromatic heterocycles. The van der Waals surface area contributed by atoms with Gasteiger partial charge >= 0.3 is 7.12 Å². The van der Waals surface area contributed by atoms with E-state index in [2.05, 4.69) is 0 Å². The normalized spacial score (nSPS) is 20.2. The maximum Gasteiger partial charge on any atom is 0.492 e. The van der Waals surface area contributed by atoms with Gasteiger partial charge in [-0.1, -0.05) is 6.07 Å². The van der Waals surface area contributed by atoms with Gasteiger partial charge in [0.05, 0.1) is 6.10 Å². The lowest BCUT2D eigenvalue weighted by Crippen LogP contribution is -2.27. The summed E-state index contributed by atoms with van der Waals surface area (Å²) in [5, 5.41) is 9.49. The first-order valence-electron chi connectivity index (χ1n) is 3.98. The Morgan fingerprint density at radius 1 is 1.62 bits per heavy atom. The molecule has 2 rings (SSSR count). The van der Waals surface area contributed by atoms with Crippen molar-refractivity contribution < 1.29 is 12.7 Å². The molecule has 3 nitrogen and oxygen atoms in total. The molecule has 1 aromatic carbocycles. The Bertz CT molecular complexity index is 331. The third-order valence-corrected chi connectivity index (χ3v) is 2.69. The fourth-order valence-corrected chi connectivity index (χ4v) is 1.80. The van der Waals surface area contributed by atoms with Gasteiger partial charge in [-0.3, -0.25) is 0 Å². The van der Waals surface area contributed by atoms with Gasteiger partial charge in [-0.05, 0) is 30.1 Å². The smallest absolute Gasteiger partial charge is 0.428 e. The highest BCUT2D eigenvalue weighted by Gasteiger charge is 2.32. The summed E-state index contributed by atoms with van der Waals surface area (Å²) in [5.74, 6) is 0.733. The molecule has 1 N–H and O–H groups in total. The molecule has 0 spiro atoms. The van der Waals surface area contributed by atoms with Crippen molar-refractivity contribution in [2.45, 2.75) is 13.0 Å². The van der Waals surface area contributed by atoms with Crippen LogP contribution in [0.25, 0.3) is 0 Å². The van der Waals surface area contributed by atoms with Crippen LogP contribution in [0.2, 0.25) is 0 Å². The minimum absolute atomic E-state index is 0.0340. The zero-order valence-electron chi connectivity index (χ0n) is 7.03. The minimum Gasteiger partial charge on any atom is -0.428 e. The predicted octanol–water partition coefficient (Wildman–Crippen LogP) is 1.19. The summed E-state index contributed by atoms with van der Waals surface area (Å²) >= 11 is 1.81. The van der Waals surface area contributed by atoms with Crippen LogP contribution in [0.5, 0.6) is 5.75 Å². The maximum atomic E-state index is 9.49. The van der Waals surface area contributed by atoms with E-state index in [9.17, 15) is 5.02 Å². The van der Waals surface area contributed by atoms with Crippen molar-refractivity contribution in [2.75, 3.05) is 0 Å². The maximum absolute atomic E-state index is 9.49. The molecule has 0 bridgehead atoms. The van der Waals surface area contributed by atoms with Crippen LogP contribution in [0.1, 0.15) is 18.6 Å². The van der Waals surface area contributed by atoms with Crippen LogP contribution in [0, 0.1) is 0 Å². The van der Waals surface area contributed by atoms with Gasteiger partial charge in [-0.25, -0.2) is 0 Å². The topological polar surface area (TPSA) is 38.7 Å². The molecule has 1 aromatic rings. The SMILES string of the molecule is CC1OB(O)c2cc(OI)ccc21. The van der Waals surface area contributed by atoms with Gasteiger partial charge in [0.2, 0.25) is 0 Å². The molecular formula is C8H8BIO3. The van der Waals surface area contributed by atoms with Gasteiger partial charge in [0, 0.05) is 0 Å². The Morgan fingerprint density at radius 2 is 2.38 bits per heavy atom. The molecule has 1 unspecified atom stereocenters. The fourth-order valence-electron chi connectivity index (χ4n) is 1.52. The molecule has 0 amide bonds. The Morgan fingerprint density at radius 3 is 3.08 bits per heavy atom. The molecule has 0 saturated heterocycles. The summed E-state index contributed by atoms with van der Waals surface area (Å²) in [6.07, 6.45) is -0.0340. The molecule has 1 heterocycles. The van der Waals surface area contributed by atoms with Crippen molar-refractivity contribution in [3.63, 3.8) is 0 Å². The van der Waals surface area contributed by atoms with Gasteiger partial charge < -0.3 is 12.7 Å². The highest BCUT2D eigenvalue weighted by Crippen LogP contribution is 2.25. The van der Waals surface area contributed by atoms with Crippen LogP contribution >= 0.6 is 23.0 Å². The average Bonchev–Trinajstić information content (AvgIpc) is 2.42. The van der Waals surface area contributed by atoms with Gasteiger partial charge in [-0.15, -0.1) is 0 Å². The number of hydrogen-bond acceptors (Lipinski definition) is 3. The van der Waals surface area contributed by atoms with Crippen LogP contribution in [-0.4, -0.2) is 12.1 Å². The van der Waals surface area contributed by atoms with Gasteiger partial charge in [0.25, 0.3) is 0 Å². The van der Waals surface area contributed by atoms with E-state index in [1.165, 1.54) is 0 Å². The van der Waals surface area contributed by atoms with Crippen molar-refractivity contribution in [2.24, 2.45) is 0 Å².